The number of hydrogen-bond acceptors (Lipinski definition) is 5. The molecule has 1 N–H and O–H groups in total. The number of amides is 1. The molecule has 0 aliphatic rings. The van der Waals surface area contributed by atoms with Gasteiger partial charge in [0.2, 0.25) is 5.92 Å². The molecular formula is C24H37F2NO6. The van der Waals surface area contributed by atoms with Crippen molar-refractivity contribution in [1.82, 2.24) is 4.90 Å². The summed E-state index contributed by atoms with van der Waals surface area (Å²) in [5.41, 5.74) is 0.811. The van der Waals surface area contributed by atoms with E-state index >= 15 is 0 Å². The van der Waals surface area contributed by atoms with E-state index in [1.165, 1.54) is 4.90 Å². The summed E-state index contributed by atoms with van der Waals surface area (Å²) in [5.74, 6) is -3.08. The highest BCUT2D eigenvalue weighted by Gasteiger charge is 2.20. The van der Waals surface area contributed by atoms with Crippen molar-refractivity contribution in [2.45, 2.75) is 71.3 Å². The minimum atomic E-state index is -2.67. The minimum Gasteiger partial charge on any atom is -0.492 e. The lowest BCUT2D eigenvalue weighted by Gasteiger charge is -2.22. The Morgan fingerprint density at radius 1 is 1.06 bits per heavy atom. The van der Waals surface area contributed by atoms with Crippen LogP contribution in [0.5, 0.6) is 5.75 Å². The third kappa shape index (κ3) is 13.0. The predicted octanol–water partition coefficient (Wildman–Crippen LogP) is 5.16. The summed E-state index contributed by atoms with van der Waals surface area (Å²) in [6.45, 7) is 6.16. The van der Waals surface area contributed by atoms with Gasteiger partial charge in [0.05, 0.1) is 13.2 Å². The molecule has 1 atom stereocenters. The van der Waals surface area contributed by atoms with Crippen molar-refractivity contribution in [3.8, 4) is 5.75 Å². The molecule has 0 heterocycles. The molecule has 0 fully saturated rings. The van der Waals surface area contributed by atoms with Gasteiger partial charge in [-0.2, -0.15) is 0 Å². The van der Waals surface area contributed by atoms with Gasteiger partial charge in [-0.15, -0.1) is 0 Å². The summed E-state index contributed by atoms with van der Waals surface area (Å²) in [5, 5.41) is 9.19. The van der Waals surface area contributed by atoms with Gasteiger partial charge in [0, 0.05) is 26.0 Å². The number of carboxylic acid groups (broad SMARTS) is 1. The van der Waals surface area contributed by atoms with E-state index in [1.54, 1.807) is 31.2 Å². The first-order chi connectivity index (χ1) is 15.7. The number of ether oxygens (including phenoxy) is 3. The van der Waals surface area contributed by atoms with Crippen LogP contribution >= 0.6 is 0 Å². The number of unbranched alkanes of at least 4 members (excludes halogenated alkanes) is 2. The van der Waals surface area contributed by atoms with Gasteiger partial charge in [-0.3, -0.25) is 0 Å². The fourth-order valence-electron chi connectivity index (χ4n) is 3.12. The second-order valence-electron chi connectivity index (χ2n) is 7.96. The molecular weight excluding hydrogens is 436 g/mol. The Balaban J connectivity index is 2.52. The summed E-state index contributed by atoms with van der Waals surface area (Å²) in [6.07, 6.45) is 1.07. The van der Waals surface area contributed by atoms with E-state index in [2.05, 4.69) is 0 Å². The largest absolute Gasteiger partial charge is 0.492 e. The van der Waals surface area contributed by atoms with Crippen LogP contribution in [0.15, 0.2) is 24.3 Å². The number of rotatable bonds is 17. The average Bonchev–Trinajstić information content (AvgIpc) is 2.76. The normalized spacial score (nSPS) is 12.3. The molecule has 0 bridgehead atoms. The molecule has 7 nitrogen and oxygen atoms in total. The van der Waals surface area contributed by atoms with Gasteiger partial charge in [0.25, 0.3) is 0 Å². The number of alkyl halides is 2. The van der Waals surface area contributed by atoms with Crippen LogP contribution in [-0.2, 0) is 20.7 Å². The van der Waals surface area contributed by atoms with Crippen LogP contribution in [-0.4, -0.2) is 67.0 Å². The van der Waals surface area contributed by atoms with E-state index in [1.807, 2.05) is 6.92 Å². The zero-order valence-corrected chi connectivity index (χ0v) is 19.9. The molecule has 0 aliphatic carbocycles. The number of carboxylic acids is 1. The van der Waals surface area contributed by atoms with E-state index in [0.29, 0.717) is 57.7 Å². The summed E-state index contributed by atoms with van der Waals surface area (Å²) in [7, 11) is 0. The van der Waals surface area contributed by atoms with Gasteiger partial charge < -0.3 is 24.2 Å². The molecule has 1 amide bonds. The van der Waals surface area contributed by atoms with E-state index in [4.69, 9.17) is 14.2 Å². The van der Waals surface area contributed by atoms with Gasteiger partial charge in [-0.25, -0.2) is 18.4 Å². The maximum absolute atomic E-state index is 12.9. The molecule has 0 saturated heterocycles. The predicted molar refractivity (Wildman–Crippen MR) is 121 cm³/mol. The molecule has 1 aromatic rings. The van der Waals surface area contributed by atoms with Crippen LogP contribution in [0.2, 0.25) is 0 Å². The van der Waals surface area contributed by atoms with Crippen molar-refractivity contribution in [1.29, 1.82) is 0 Å². The highest BCUT2D eigenvalue weighted by Crippen LogP contribution is 2.20. The van der Waals surface area contributed by atoms with Gasteiger partial charge in [-0.05, 0) is 50.8 Å². The highest BCUT2D eigenvalue weighted by atomic mass is 19.3. The molecule has 1 unspecified atom stereocenters. The van der Waals surface area contributed by atoms with Gasteiger partial charge in [0.1, 0.15) is 12.4 Å². The molecule has 9 heteroatoms. The van der Waals surface area contributed by atoms with Crippen molar-refractivity contribution in [2.75, 3.05) is 32.9 Å². The molecule has 1 aromatic carbocycles. The summed E-state index contributed by atoms with van der Waals surface area (Å²) in [4.78, 5) is 25.0. The molecule has 0 radical (unpaired) electrons. The van der Waals surface area contributed by atoms with E-state index in [9.17, 15) is 23.5 Å². The minimum absolute atomic E-state index is 0.163. The van der Waals surface area contributed by atoms with E-state index in [0.717, 1.165) is 12.5 Å². The van der Waals surface area contributed by atoms with Gasteiger partial charge >= 0.3 is 12.1 Å². The average molecular weight is 474 g/mol. The molecule has 0 aliphatic heterocycles. The molecule has 33 heavy (non-hydrogen) atoms. The van der Waals surface area contributed by atoms with E-state index in [-0.39, 0.29) is 19.4 Å². The quantitative estimate of drug-likeness (QED) is 0.315. The molecule has 0 aromatic heterocycles. The fourth-order valence-corrected chi connectivity index (χ4v) is 3.12. The van der Waals surface area contributed by atoms with Crippen molar-refractivity contribution in [2.24, 2.45) is 0 Å². The van der Waals surface area contributed by atoms with E-state index < -0.39 is 24.1 Å². The van der Waals surface area contributed by atoms with Gasteiger partial charge in [-0.1, -0.05) is 25.5 Å². The first kappa shape index (κ1) is 28.6. The Kier molecular flexibility index (Phi) is 13.4. The Hall–Kier alpha value is -2.42. The molecule has 0 spiro atoms. The van der Waals surface area contributed by atoms with Crippen LogP contribution < -0.4 is 4.74 Å². The first-order valence-electron chi connectivity index (χ1n) is 11.5. The maximum atomic E-state index is 12.9. The Morgan fingerprint density at radius 3 is 2.33 bits per heavy atom. The molecule has 188 valence electrons. The zero-order valence-electron chi connectivity index (χ0n) is 19.9. The number of carbonyl (C=O) groups is 2. The number of benzene rings is 1. The highest BCUT2D eigenvalue weighted by molar-refractivity contribution is 5.72. The number of carbonyl (C=O) groups excluding carboxylic acids is 1. The van der Waals surface area contributed by atoms with Gasteiger partial charge in [0.15, 0.2) is 6.10 Å². The van der Waals surface area contributed by atoms with Crippen LogP contribution in [0.1, 0.15) is 58.4 Å². The van der Waals surface area contributed by atoms with Crippen LogP contribution in [0, 0.1) is 0 Å². The fraction of sp³-hybridized carbons (Fsp3) is 0.667. The first-order valence-corrected chi connectivity index (χ1v) is 11.5. The number of aliphatic carboxylic acids is 1. The molecule has 1 rings (SSSR count). The van der Waals surface area contributed by atoms with Crippen molar-refractivity contribution < 1.29 is 37.7 Å². The monoisotopic (exact) mass is 473 g/mol. The van der Waals surface area contributed by atoms with Crippen LogP contribution in [0.4, 0.5) is 13.6 Å². The van der Waals surface area contributed by atoms with Crippen molar-refractivity contribution >= 4 is 12.1 Å². The van der Waals surface area contributed by atoms with Crippen LogP contribution in [0.25, 0.3) is 0 Å². The lowest BCUT2D eigenvalue weighted by Crippen LogP contribution is -2.36. The topological polar surface area (TPSA) is 85.3 Å². The zero-order chi connectivity index (χ0) is 24.7. The standard InChI is InChI=1S/C24H37F2NO6/c1-4-16-33-23(30)27(14-8-6-7-13-24(3,25)26)15-17-32-20-11-9-19(10-12-20)18-21(22(28)29)31-5-2/h9-12,21H,4-8,13-18H2,1-3H3,(H,28,29). The van der Waals surface area contributed by atoms with Crippen molar-refractivity contribution in [3.63, 3.8) is 0 Å². The lowest BCUT2D eigenvalue weighted by atomic mass is 10.1. The summed E-state index contributed by atoms with van der Waals surface area (Å²) >= 11 is 0. The third-order valence-corrected chi connectivity index (χ3v) is 4.85. The number of hydrogen-bond donors (Lipinski definition) is 1. The third-order valence-electron chi connectivity index (χ3n) is 4.85. The molecule has 0 saturated carbocycles. The Bertz CT molecular complexity index is 693. The van der Waals surface area contributed by atoms with Crippen LogP contribution in [0.3, 0.4) is 0 Å². The summed E-state index contributed by atoms with van der Waals surface area (Å²) < 4.78 is 42.0. The smallest absolute Gasteiger partial charge is 0.409 e. The lowest BCUT2D eigenvalue weighted by molar-refractivity contribution is -0.149. The Labute approximate surface area is 195 Å². The maximum Gasteiger partial charge on any atom is 0.409 e. The second-order valence-corrected chi connectivity index (χ2v) is 7.96. The van der Waals surface area contributed by atoms with Crippen molar-refractivity contribution in [3.05, 3.63) is 29.8 Å². The SMILES string of the molecule is CCCOC(=O)N(CCCCCC(C)(F)F)CCOc1ccc(CC(OCC)C(=O)O)cc1. The summed E-state index contributed by atoms with van der Waals surface area (Å²) in [6, 6.07) is 7.04. The second kappa shape index (κ2) is 15.4. The number of halogens is 2. The number of nitrogens with zero attached hydrogens (tertiary/aromatic N) is 1. The Morgan fingerprint density at radius 2 is 1.76 bits per heavy atom.